The monoisotopic (exact) mass is 401 g/mol. The Morgan fingerprint density at radius 2 is 1.93 bits per heavy atom. The van der Waals surface area contributed by atoms with Crippen molar-refractivity contribution in [3.63, 3.8) is 0 Å². The van der Waals surface area contributed by atoms with Crippen molar-refractivity contribution in [2.75, 3.05) is 18.4 Å². The molecule has 2 aromatic carbocycles. The van der Waals surface area contributed by atoms with Gasteiger partial charge in [0.15, 0.2) is 0 Å². The Labute approximate surface area is 166 Å². The van der Waals surface area contributed by atoms with Crippen molar-refractivity contribution < 1.29 is 4.79 Å². The highest BCUT2D eigenvalue weighted by Gasteiger charge is 2.28. The Balaban J connectivity index is 1.40. The van der Waals surface area contributed by atoms with Crippen LogP contribution >= 0.6 is 23.2 Å². The molecule has 2 amide bonds. The Morgan fingerprint density at radius 1 is 1.11 bits per heavy atom. The van der Waals surface area contributed by atoms with Crippen LogP contribution in [0.25, 0.3) is 11.3 Å². The lowest BCUT2D eigenvalue weighted by atomic mass is 10.2. The molecule has 0 spiro atoms. The van der Waals surface area contributed by atoms with Crippen LogP contribution in [0, 0.1) is 0 Å². The molecule has 1 fully saturated rings. The summed E-state index contributed by atoms with van der Waals surface area (Å²) in [5.74, 6) is 0. The second-order valence-electron chi connectivity index (χ2n) is 6.40. The molecule has 27 heavy (non-hydrogen) atoms. The zero-order chi connectivity index (χ0) is 18.8. The number of anilines is 1. The van der Waals surface area contributed by atoms with E-state index in [1.54, 1.807) is 23.1 Å². The van der Waals surface area contributed by atoms with Crippen molar-refractivity contribution in [3.8, 4) is 11.3 Å². The molecule has 3 aromatic rings. The number of halogens is 2. The van der Waals surface area contributed by atoms with Gasteiger partial charge < -0.3 is 10.2 Å². The van der Waals surface area contributed by atoms with Crippen molar-refractivity contribution in [3.05, 3.63) is 64.8 Å². The van der Waals surface area contributed by atoms with Crippen molar-refractivity contribution in [2.24, 2.45) is 0 Å². The minimum atomic E-state index is -0.167. The van der Waals surface area contributed by atoms with Gasteiger partial charge in [-0.1, -0.05) is 58.7 Å². The second kappa shape index (κ2) is 7.58. The highest BCUT2D eigenvalue weighted by Crippen LogP contribution is 2.27. The molecule has 0 aliphatic carbocycles. The van der Waals surface area contributed by atoms with Crippen molar-refractivity contribution in [1.29, 1.82) is 0 Å². The molecule has 0 radical (unpaired) electrons. The molecular weight excluding hydrogens is 385 g/mol. The fraction of sp³-hybridized carbons (Fsp3) is 0.211. The van der Waals surface area contributed by atoms with Gasteiger partial charge in [-0.05, 0) is 24.6 Å². The third kappa shape index (κ3) is 3.91. The summed E-state index contributed by atoms with van der Waals surface area (Å²) in [6, 6.07) is 14.9. The number of hydrogen-bond acceptors (Lipinski definition) is 3. The number of carbonyl (C=O) groups is 1. The first-order valence-corrected chi connectivity index (χ1v) is 9.34. The second-order valence-corrected chi connectivity index (χ2v) is 7.21. The number of benzene rings is 2. The molecule has 1 N–H and O–H groups in total. The van der Waals surface area contributed by atoms with Gasteiger partial charge in [0, 0.05) is 24.3 Å². The molecular formula is C19H17Cl2N5O. The number of aromatic nitrogens is 3. The zero-order valence-electron chi connectivity index (χ0n) is 14.3. The van der Waals surface area contributed by atoms with Crippen LogP contribution < -0.4 is 5.32 Å². The molecule has 2 heterocycles. The maximum absolute atomic E-state index is 12.5. The first-order chi connectivity index (χ1) is 13.1. The van der Waals surface area contributed by atoms with Gasteiger partial charge in [0.1, 0.15) is 5.69 Å². The van der Waals surface area contributed by atoms with Gasteiger partial charge in [0.05, 0.1) is 22.3 Å². The number of likely N-dealkylation sites (tertiary alicyclic amines) is 1. The van der Waals surface area contributed by atoms with E-state index >= 15 is 0 Å². The summed E-state index contributed by atoms with van der Waals surface area (Å²) in [7, 11) is 0. The molecule has 1 unspecified atom stereocenters. The number of hydrogen-bond donors (Lipinski definition) is 1. The SMILES string of the molecule is O=C(Nc1ccc(Cl)c(Cl)c1)N1CCC(n2cc(-c3ccccc3)nn2)C1. The Bertz CT molecular complexity index is 960. The van der Waals surface area contributed by atoms with E-state index in [0.717, 1.165) is 17.7 Å². The number of nitrogens with zero attached hydrogens (tertiary/aromatic N) is 4. The van der Waals surface area contributed by atoms with Crippen molar-refractivity contribution in [2.45, 2.75) is 12.5 Å². The number of rotatable bonds is 3. The van der Waals surface area contributed by atoms with Crippen LogP contribution in [0.1, 0.15) is 12.5 Å². The molecule has 0 saturated carbocycles. The fourth-order valence-corrected chi connectivity index (χ4v) is 3.41. The van der Waals surface area contributed by atoms with Gasteiger partial charge in [-0.3, -0.25) is 0 Å². The Kier molecular flexibility index (Phi) is 5.01. The number of urea groups is 1. The van der Waals surface area contributed by atoms with Crippen molar-refractivity contribution in [1.82, 2.24) is 19.9 Å². The van der Waals surface area contributed by atoms with E-state index in [0.29, 0.717) is 28.8 Å². The summed E-state index contributed by atoms with van der Waals surface area (Å²) in [5, 5.41) is 12.2. The van der Waals surface area contributed by atoms with Crippen LogP contribution in [0.15, 0.2) is 54.7 Å². The third-order valence-corrected chi connectivity index (χ3v) is 5.31. The quantitative estimate of drug-likeness (QED) is 0.689. The van der Waals surface area contributed by atoms with Gasteiger partial charge in [-0.2, -0.15) is 0 Å². The first-order valence-electron chi connectivity index (χ1n) is 8.58. The van der Waals surface area contributed by atoms with Crippen LogP contribution in [-0.4, -0.2) is 39.0 Å². The number of amides is 2. The molecule has 1 saturated heterocycles. The highest BCUT2D eigenvalue weighted by atomic mass is 35.5. The molecule has 1 aromatic heterocycles. The molecule has 1 atom stereocenters. The van der Waals surface area contributed by atoms with Crippen LogP contribution in [0.5, 0.6) is 0 Å². The fourth-order valence-electron chi connectivity index (χ4n) is 3.12. The summed E-state index contributed by atoms with van der Waals surface area (Å²) >= 11 is 11.9. The highest BCUT2D eigenvalue weighted by molar-refractivity contribution is 6.42. The molecule has 138 valence electrons. The number of nitrogens with one attached hydrogen (secondary N) is 1. The van der Waals surface area contributed by atoms with Crippen molar-refractivity contribution >= 4 is 34.9 Å². The zero-order valence-corrected chi connectivity index (χ0v) is 15.9. The van der Waals surface area contributed by atoms with E-state index in [9.17, 15) is 4.79 Å². The topological polar surface area (TPSA) is 63.1 Å². The van der Waals surface area contributed by atoms with Crippen LogP contribution in [0.2, 0.25) is 10.0 Å². The van der Waals surface area contributed by atoms with Gasteiger partial charge in [-0.15, -0.1) is 5.10 Å². The Hall–Kier alpha value is -2.57. The van der Waals surface area contributed by atoms with E-state index in [1.165, 1.54) is 0 Å². The van der Waals surface area contributed by atoms with Gasteiger partial charge in [0.2, 0.25) is 0 Å². The van der Waals surface area contributed by atoms with Crippen LogP contribution in [-0.2, 0) is 0 Å². The predicted molar refractivity (Wildman–Crippen MR) is 106 cm³/mol. The number of carbonyl (C=O) groups excluding carboxylic acids is 1. The van der Waals surface area contributed by atoms with Gasteiger partial charge >= 0.3 is 6.03 Å². The average molecular weight is 402 g/mol. The van der Waals surface area contributed by atoms with E-state index in [-0.39, 0.29) is 12.1 Å². The smallest absolute Gasteiger partial charge is 0.321 e. The summed E-state index contributed by atoms with van der Waals surface area (Å²) in [4.78, 5) is 14.3. The minimum absolute atomic E-state index is 0.106. The van der Waals surface area contributed by atoms with Crippen LogP contribution in [0.4, 0.5) is 10.5 Å². The lowest BCUT2D eigenvalue weighted by molar-refractivity contribution is 0.220. The lowest BCUT2D eigenvalue weighted by Crippen LogP contribution is -2.33. The maximum atomic E-state index is 12.5. The molecule has 4 rings (SSSR count). The third-order valence-electron chi connectivity index (χ3n) is 4.58. The molecule has 6 nitrogen and oxygen atoms in total. The van der Waals surface area contributed by atoms with Crippen LogP contribution in [0.3, 0.4) is 0 Å². The van der Waals surface area contributed by atoms with Gasteiger partial charge in [0.25, 0.3) is 0 Å². The lowest BCUT2D eigenvalue weighted by Gasteiger charge is -2.17. The normalized spacial score (nSPS) is 16.5. The molecule has 1 aliphatic rings. The van der Waals surface area contributed by atoms with E-state index in [1.807, 2.05) is 41.2 Å². The summed E-state index contributed by atoms with van der Waals surface area (Å²) in [6.07, 6.45) is 2.76. The van der Waals surface area contributed by atoms with E-state index in [4.69, 9.17) is 23.2 Å². The predicted octanol–water partition coefficient (Wildman–Crippen LogP) is 4.73. The van der Waals surface area contributed by atoms with E-state index in [2.05, 4.69) is 15.6 Å². The largest absolute Gasteiger partial charge is 0.322 e. The minimum Gasteiger partial charge on any atom is -0.322 e. The molecule has 8 heteroatoms. The molecule has 0 bridgehead atoms. The Morgan fingerprint density at radius 3 is 2.70 bits per heavy atom. The first kappa shape index (κ1) is 17.8. The molecule has 1 aliphatic heterocycles. The maximum Gasteiger partial charge on any atom is 0.321 e. The average Bonchev–Trinajstić information content (AvgIpc) is 3.35. The standard InChI is InChI=1S/C19H17Cl2N5O/c20-16-7-6-14(10-17(16)21)22-19(27)25-9-8-15(11-25)26-12-18(23-24-26)13-4-2-1-3-5-13/h1-7,10,12,15H,8-9,11H2,(H,22,27). The van der Waals surface area contributed by atoms with E-state index < -0.39 is 0 Å². The summed E-state index contributed by atoms with van der Waals surface area (Å²) in [6.45, 7) is 1.23. The van der Waals surface area contributed by atoms with Gasteiger partial charge in [-0.25, -0.2) is 9.48 Å². The summed E-state index contributed by atoms with van der Waals surface area (Å²) in [5.41, 5.74) is 2.47. The summed E-state index contributed by atoms with van der Waals surface area (Å²) < 4.78 is 1.84.